The van der Waals surface area contributed by atoms with Crippen molar-refractivity contribution in [3.8, 4) is 0 Å². The molecule has 0 unspecified atom stereocenters. The topological polar surface area (TPSA) is 95.1 Å². The van der Waals surface area contributed by atoms with Gasteiger partial charge in [-0.25, -0.2) is 9.78 Å². The summed E-state index contributed by atoms with van der Waals surface area (Å²) >= 11 is 3.50. The van der Waals surface area contributed by atoms with E-state index in [0.29, 0.717) is 49.7 Å². The molecule has 10 heteroatoms. The molecule has 0 spiro atoms. The first-order valence-corrected chi connectivity index (χ1v) is 12.3. The lowest BCUT2D eigenvalue weighted by Gasteiger charge is -2.35. The van der Waals surface area contributed by atoms with Gasteiger partial charge in [0.05, 0.1) is 5.52 Å². The van der Waals surface area contributed by atoms with Crippen molar-refractivity contribution in [2.75, 3.05) is 31.6 Å². The molecular formula is C25H30BrN5O4. The zero-order valence-electron chi connectivity index (χ0n) is 20.6. The number of benzene rings is 1. The van der Waals surface area contributed by atoms with Crippen molar-refractivity contribution in [3.63, 3.8) is 0 Å². The molecule has 2 aliphatic rings. The first-order valence-electron chi connectivity index (χ1n) is 11.6. The normalized spacial score (nSPS) is 17.5. The maximum atomic E-state index is 12.5. The Bertz CT molecular complexity index is 1200. The third kappa shape index (κ3) is 5.48. The minimum absolute atomic E-state index is 0.290. The van der Waals surface area contributed by atoms with Gasteiger partial charge in [0, 0.05) is 53.7 Å². The number of ether oxygens (including phenoxy) is 1. The largest absolute Gasteiger partial charge is 0.444 e. The summed E-state index contributed by atoms with van der Waals surface area (Å²) in [6.07, 6.45) is -0.290. The number of hydrazine groups is 1. The van der Waals surface area contributed by atoms with Gasteiger partial charge in [0.15, 0.2) is 0 Å². The number of pyridine rings is 1. The number of piperazine rings is 1. The van der Waals surface area contributed by atoms with Gasteiger partial charge in [0.1, 0.15) is 11.4 Å². The quantitative estimate of drug-likeness (QED) is 0.580. The molecule has 186 valence electrons. The molecule has 0 aliphatic carbocycles. The fourth-order valence-corrected chi connectivity index (χ4v) is 4.43. The van der Waals surface area contributed by atoms with Crippen molar-refractivity contribution in [2.45, 2.75) is 46.8 Å². The van der Waals surface area contributed by atoms with Gasteiger partial charge in [-0.1, -0.05) is 22.0 Å². The van der Waals surface area contributed by atoms with Crippen LogP contribution in [0.2, 0.25) is 0 Å². The molecule has 1 aromatic carbocycles. The van der Waals surface area contributed by atoms with Gasteiger partial charge >= 0.3 is 6.09 Å². The van der Waals surface area contributed by atoms with E-state index in [1.807, 2.05) is 45.0 Å². The predicted octanol–water partition coefficient (Wildman–Crippen LogP) is 4.08. The van der Waals surface area contributed by atoms with Crippen LogP contribution in [0, 0.1) is 0 Å². The maximum absolute atomic E-state index is 12.5. The summed E-state index contributed by atoms with van der Waals surface area (Å²) in [6.45, 7) is 12.1. The number of carbonyl (C=O) groups is 3. The van der Waals surface area contributed by atoms with Crippen molar-refractivity contribution >= 4 is 50.6 Å². The van der Waals surface area contributed by atoms with E-state index in [1.165, 1.54) is 0 Å². The number of rotatable bonds is 4. The molecule has 4 rings (SSSR count). The van der Waals surface area contributed by atoms with Crippen LogP contribution in [0.4, 0.5) is 10.6 Å². The van der Waals surface area contributed by atoms with Gasteiger partial charge in [0.25, 0.3) is 11.8 Å². The van der Waals surface area contributed by atoms with E-state index in [2.05, 4.69) is 31.2 Å². The van der Waals surface area contributed by atoms with Gasteiger partial charge in [-0.3, -0.25) is 19.9 Å². The Balaban J connectivity index is 1.53. The second-order valence-electron chi connectivity index (χ2n) is 9.88. The number of carbonyl (C=O) groups excluding carboxylic acids is 3. The Labute approximate surface area is 213 Å². The highest BCUT2D eigenvalue weighted by atomic mass is 79.9. The third-order valence-electron chi connectivity index (χ3n) is 6.11. The number of fused-ring (bicyclic) bond motifs is 1. The van der Waals surface area contributed by atoms with Crippen LogP contribution in [0.1, 0.15) is 40.2 Å². The van der Waals surface area contributed by atoms with Crippen LogP contribution < -0.4 is 5.43 Å². The van der Waals surface area contributed by atoms with Gasteiger partial charge < -0.3 is 9.64 Å². The number of nitrogens with zero attached hydrogens (tertiary/aromatic N) is 4. The van der Waals surface area contributed by atoms with Crippen LogP contribution in [-0.4, -0.2) is 69.5 Å². The van der Waals surface area contributed by atoms with Crippen LogP contribution in [0.5, 0.6) is 0 Å². The molecule has 0 atom stereocenters. The lowest BCUT2D eigenvalue weighted by molar-refractivity contribution is -0.135. The Morgan fingerprint density at radius 3 is 2.29 bits per heavy atom. The molecule has 35 heavy (non-hydrogen) atoms. The molecule has 1 fully saturated rings. The Morgan fingerprint density at radius 1 is 1.06 bits per heavy atom. The number of imide groups is 1. The molecule has 0 radical (unpaired) electrons. The highest BCUT2D eigenvalue weighted by Gasteiger charge is 2.34. The minimum atomic E-state index is -0.521. The fraction of sp³-hybridized carbons (Fsp3) is 0.440. The highest BCUT2D eigenvalue weighted by Crippen LogP contribution is 2.27. The first-order chi connectivity index (χ1) is 16.4. The fourth-order valence-electron chi connectivity index (χ4n) is 4.08. The summed E-state index contributed by atoms with van der Waals surface area (Å²) in [5.41, 5.74) is 4.99. The number of nitrogens with one attached hydrogen (secondary N) is 1. The van der Waals surface area contributed by atoms with Crippen LogP contribution in [0.25, 0.3) is 10.9 Å². The molecule has 1 saturated heterocycles. The van der Waals surface area contributed by atoms with E-state index in [9.17, 15) is 14.4 Å². The van der Waals surface area contributed by atoms with Crippen LogP contribution in [-0.2, 0) is 20.9 Å². The summed E-state index contributed by atoms with van der Waals surface area (Å²) < 4.78 is 6.38. The lowest BCUT2D eigenvalue weighted by atomic mass is 10.1. The van der Waals surface area contributed by atoms with Crippen molar-refractivity contribution in [2.24, 2.45) is 0 Å². The molecule has 3 heterocycles. The molecule has 9 nitrogen and oxygen atoms in total. The molecule has 1 aromatic heterocycles. The Hall–Kier alpha value is -2.98. The van der Waals surface area contributed by atoms with E-state index < -0.39 is 5.60 Å². The van der Waals surface area contributed by atoms with Crippen molar-refractivity contribution in [1.82, 2.24) is 19.8 Å². The Morgan fingerprint density at radius 2 is 1.69 bits per heavy atom. The molecular weight excluding hydrogens is 514 g/mol. The Kier molecular flexibility index (Phi) is 6.88. The maximum Gasteiger partial charge on any atom is 0.410 e. The summed E-state index contributed by atoms with van der Waals surface area (Å²) in [5.74, 6) is -0.325. The zero-order chi connectivity index (χ0) is 25.5. The summed E-state index contributed by atoms with van der Waals surface area (Å²) in [7, 11) is 0. The minimum Gasteiger partial charge on any atom is -0.444 e. The van der Waals surface area contributed by atoms with E-state index in [0.717, 1.165) is 25.9 Å². The number of halogens is 1. The molecule has 2 aliphatic heterocycles. The average Bonchev–Trinajstić information content (AvgIpc) is 2.96. The van der Waals surface area contributed by atoms with E-state index >= 15 is 0 Å². The number of amides is 3. The standard InChI is InChI=1S/C25H30BrN5O4/c1-15-16(2)23(33)31(22(15)32)28-21-12-17(19-7-6-18(26)13-20(19)27-21)14-29-8-10-30(11-9-29)24(34)35-25(3,4)5/h6-7,12-13H,8-11,14H2,1-5H3,(H,27,28). The smallest absolute Gasteiger partial charge is 0.410 e. The highest BCUT2D eigenvalue weighted by molar-refractivity contribution is 9.10. The lowest BCUT2D eigenvalue weighted by Crippen LogP contribution is -2.49. The van der Waals surface area contributed by atoms with Crippen molar-refractivity contribution in [1.29, 1.82) is 0 Å². The second-order valence-corrected chi connectivity index (χ2v) is 10.8. The monoisotopic (exact) mass is 543 g/mol. The van der Waals surface area contributed by atoms with E-state index in [1.54, 1.807) is 18.7 Å². The van der Waals surface area contributed by atoms with Crippen LogP contribution >= 0.6 is 15.9 Å². The number of hydrogen-bond donors (Lipinski definition) is 1. The summed E-state index contributed by atoms with van der Waals surface area (Å²) in [4.78, 5) is 46.1. The molecule has 1 N–H and O–H groups in total. The molecule has 3 amide bonds. The first kappa shape index (κ1) is 25.1. The van der Waals surface area contributed by atoms with Gasteiger partial charge in [0.2, 0.25) is 0 Å². The molecule has 0 bridgehead atoms. The molecule has 0 saturated carbocycles. The number of anilines is 1. The predicted molar refractivity (Wildman–Crippen MR) is 136 cm³/mol. The summed E-state index contributed by atoms with van der Waals surface area (Å²) in [6, 6.07) is 7.75. The van der Waals surface area contributed by atoms with Crippen molar-refractivity contribution in [3.05, 3.63) is 45.4 Å². The van der Waals surface area contributed by atoms with Crippen LogP contribution in [0.15, 0.2) is 39.9 Å². The third-order valence-corrected chi connectivity index (χ3v) is 6.61. The van der Waals surface area contributed by atoms with Gasteiger partial charge in [-0.15, -0.1) is 0 Å². The van der Waals surface area contributed by atoms with E-state index in [-0.39, 0.29) is 17.9 Å². The van der Waals surface area contributed by atoms with Gasteiger partial charge in [-0.05, 0) is 58.4 Å². The number of hydrogen-bond acceptors (Lipinski definition) is 7. The molecule has 2 aromatic rings. The second kappa shape index (κ2) is 9.58. The summed E-state index contributed by atoms with van der Waals surface area (Å²) in [5, 5.41) is 2.00. The SMILES string of the molecule is CC1=C(C)C(=O)N(Nc2cc(CN3CCN(C(=O)OC(C)(C)C)CC3)c3ccc(Br)cc3n2)C1=O. The average molecular weight is 544 g/mol. The zero-order valence-corrected chi connectivity index (χ0v) is 22.2. The van der Waals surface area contributed by atoms with Gasteiger partial charge in [-0.2, -0.15) is 5.01 Å². The number of aromatic nitrogens is 1. The van der Waals surface area contributed by atoms with Crippen LogP contribution in [0.3, 0.4) is 0 Å². The van der Waals surface area contributed by atoms with E-state index in [4.69, 9.17) is 4.74 Å². The van der Waals surface area contributed by atoms with Crippen molar-refractivity contribution < 1.29 is 19.1 Å².